The van der Waals surface area contributed by atoms with Crippen molar-refractivity contribution in [2.45, 2.75) is 25.4 Å². The topological polar surface area (TPSA) is 85.3 Å². The molecule has 0 bridgehead atoms. The van der Waals surface area contributed by atoms with Gasteiger partial charge in [0.2, 0.25) is 0 Å². The highest BCUT2D eigenvalue weighted by molar-refractivity contribution is 6.00. The predicted octanol–water partition coefficient (Wildman–Crippen LogP) is 6.38. The van der Waals surface area contributed by atoms with Gasteiger partial charge in [-0.3, -0.25) is 0 Å². The van der Waals surface area contributed by atoms with Gasteiger partial charge >= 0.3 is 6.18 Å². The van der Waals surface area contributed by atoms with E-state index in [1.165, 1.54) is 6.07 Å². The number of H-pyrrole nitrogens is 1. The number of hydrogen-bond donors (Lipinski definition) is 2. The van der Waals surface area contributed by atoms with E-state index < -0.39 is 11.7 Å². The van der Waals surface area contributed by atoms with Gasteiger partial charge in [-0.1, -0.05) is 12.2 Å². The normalized spacial score (nSPS) is 18.9. The molecule has 8 nitrogen and oxygen atoms in total. The van der Waals surface area contributed by atoms with Crippen LogP contribution >= 0.6 is 0 Å². The third kappa shape index (κ3) is 6.20. The molecule has 0 spiro atoms. The largest absolute Gasteiger partial charge is 0.416 e. The summed E-state index contributed by atoms with van der Waals surface area (Å²) < 4.78 is 39.9. The van der Waals surface area contributed by atoms with E-state index in [1.807, 2.05) is 36.5 Å². The second kappa shape index (κ2) is 11.8. The van der Waals surface area contributed by atoms with Gasteiger partial charge in [-0.2, -0.15) is 23.4 Å². The lowest BCUT2D eigenvalue weighted by molar-refractivity contribution is -0.137. The fourth-order valence-corrected chi connectivity index (χ4v) is 5.14. The fraction of sp³-hybridized carbons (Fsp3) is 0.290. The van der Waals surface area contributed by atoms with Crippen molar-refractivity contribution in [2.75, 3.05) is 43.4 Å². The number of anilines is 2. The number of amidine groups is 1. The van der Waals surface area contributed by atoms with Crippen LogP contribution in [0.5, 0.6) is 0 Å². The summed E-state index contributed by atoms with van der Waals surface area (Å²) in [5, 5.41) is 11.8. The molecule has 2 aliphatic rings. The Morgan fingerprint density at radius 1 is 1.00 bits per heavy atom. The van der Waals surface area contributed by atoms with Crippen LogP contribution in [0.1, 0.15) is 30.5 Å². The van der Waals surface area contributed by atoms with Gasteiger partial charge in [0.15, 0.2) is 0 Å². The molecule has 4 heterocycles. The summed E-state index contributed by atoms with van der Waals surface area (Å²) in [4.78, 5) is 17.2. The van der Waals surface area contributed by atoms with E-state index in [2.05, 4.69) is 54.5 Å². The second-order valence-electron chi connectivity index (χ2n) is 10.5. The summed E-state index contributed by atoms with van der Waals surface area (Å²) in [6, 6.07) is 13.3. The van der Waals surface area contributed by atoms with E-state index in [-0.39, 0.29) is 0 Å². The Labute approximate surface area is 241 Å². The molecule has 216 valence electrons. The Morgan fingerprint density at radius 3 is 2.64 bits per heavy atom. The molecule has 11 heteroatoms. The lowest BCUT2D eigenvalue weighted by atomic mass is 10.1. The molecular weight excluding hydrogens is 541 g/mol. The number of aromatic nitrogens is 4. The van der Waals surface area contributed by atoms with Crippen LogP contribution in [0.3, 0.4) is 0 Å². The third-order valence-electron chi connectivity index (χ3n) is 7.51. The summed E-state index contributed by atoms with van der Waals surface area (Å²) in [5.41, 5.74) is 4.41. The molecule has 0 amide bonds. The zero-order valence-corrected chi connectivity index (χ0v) is 23.2. The summed E-state index contributed by atoms with van der Waals surface area (Å²) >= 11 is 0. The monoisotopic (exact) mass is 572 g/mol. The highest BCUT2D eigenvalue weighted by atomic mass is 19.4. The number of halogens is 3. The van der Waals surface area contributed by atoms with Gasteiger partial charge in [0.1, 0.15) is 11.7 Å². The zero-order chi connectivity index (χ0) is 29.1. The number of rotatable bonds is 4. The van der Waals surface area contributed by atoms with Crippen molar-refractivity contribution in [3.63, 3.8) is 0 Å². The number of likely N-dealkylation sites (N-methyl/N-ethyl adjacent to an activating group) is 1. The van der Waals surface area contributed by atoms with Crippen LogP contribution in [-0.4, -0.2) is 64.1 Å². The number of alkyl halides is 3. The van der Waals surface area contributed by atoms with E-state index in [4.69, 9.17) is 4.99 Å². The number of fused-ring (bicyclic) bond motifs is 1. The number of nitrogens with zero attached hydrogens (tertiary/aromatic N) is 6. The number of imidazole rings is 1. The van der Waals surface area contributed by atoms with E-state index in [9.17, 15) is 13.2 Å². The minimum atomic E-state index is -4.42. The molecule has 4 aromatic rings. The minimum Gasteiger partial charge on any atom is -0.367 e. The molecule has 1 fully saturated rings. The van der Waals surface area contributed by atoms with E-state index in [1.54, 1.807) is 6.20 Å². The predicted molar refractivity (Wildman–Crippen MR) is 160 cm³/mol. The number of benzene rings is 2. The Bertz CT molecular complexity index is 1650. The first-order chi connectivity index (χ1) is 20.3. The highest BCUT2D eigenvalue weighted by Gasteiger charge is 2.31. The molecule has 0 unspecified atom stereocenters. The van der Waals surface area contributed by atoms with Gasteiger partial charge in [-0.25, -0.2) is 9.98 Å². The standard InChI is InChI=1S/C31H31F3N8/c1-41-14-16-42(17-15-41)28-12-9-21(30-38-25-11-10-23(31(32,33)34)19-26(25)39-30)18-27(28)37-29-8-4-2-3-6-22(20-35-29)24-7-5-13-36-40-24/h3,5-7,9-13,18-20H,2,4,8,14-17H2,1H3,(H,35,37)(H,38,39)/b6-3-,22-20+. The number of piperazine rings is 1. The first kappa shape index (κ1) is 27.6. The maximum atomic E-state index is 13.3. The van der Waals surface area contributed by atoms with Crippen LogP contribution in [0.2, 0.25) is 0 Å². The highest BCUT2D eigenvalue weighted by Crippen LogP contribution is 2.35. The fourth-order valence-electron chi connectivity index (χ4n) is 5.14. The Morgan fingerprint density at radius 2 is 1.86 bits per heavy atom. The first-order valence-corrected chi connectivity index (χ1v) is 14.0. The Kier molecular flexibility index (Phi) is 7.75. The summed E-state index contributed by atoms with van der Waals surface area (Å²) in [6.07, 6.45) is 5.73. The first-order valence-electron chi connectivity index (χ1n) is 14.0. The SMILES string of the molecule is CN1CCN(c2ccc(-c3nc4ccc(C(F)(F)F)cc4[nH]3)cc2NC2=N/C=C(c3cccnn3)\C=C/CCC2)CC1. The van der Waals surface area contributed by atoms with Crippen LogP contribution in [-0.2, 0) is 6.18 Å². The van der Waals surface area contributed by atoms with Crippen molar-refractivity contribution >= 4 is 33.8 Å². The van der Waals surface area contributed by atoms with Crippen molar-refractivity contribution in [1.29, 1.82) is 0 Å². The van der Waals surface area contributed by atoms with Gasteiger partial charge in [0.05, 0.1) is 33.7 Å². The van der Waals surface area contributed by atoms with Gasteiger partial charge in [-0.05, 0) is 68.4 Å². The van der Waals surface area contributed by atoms with Gasteiger partial charge in [-0.15, -0.1) is 0 Å². The van der Waals surface area contributed by atoms with Crippen LogP contribution in [0.15, 0.2) is 78.1 Å². The van der Waals surface area contributed by atoms with Crippen molar-refractivity contribution in [3.8, 4) is 11.4 Å². The quantitative estimate of drug-likeness (QED) is 0.295. The van der Waals surface area contributed by atoms with Crippen molar-refractivity contribution in [2.24, 2.45) is 4.99 Å². The van der Waals surface area contributed by atoms with Crippen LogP contribution in [0.25, 0.3) is 28.0 Å². The zero-order valence-electron chi connectivity index (χ0n) is 23.2. The summed E-state index contributed by atoms with van der Waals surface area (Å²) in [6.45, 7) is 3.65. The van der Waals surface area contributed by atoms with E-state index in [0.717, 1.165) is 91.6 Å². The van der Waals surface area contributed by atoms with Crippen LogP contribution in [0, 0.1) is 0 Å². The van der Waals surface area contributed by atoms with Crippen LogP contribution in [0.4, 0.5) is 24.5 Å². The van der Waals surface area contributed by atoms with E-state index in [0.29, 0.717) is 16.9 Å². The average Bonchev–Trinajstić information content (AvgIpc) is 3.46. The van der Waals surface area contributed by atoms with Crippen molar-refractivity contribution < 1.29 is 13.2 Å². The Balaban J connectivity index is 1.37. The molecule has 2 aliphatic heterocycles. The summed E-state index contributed by atoms with van der Waals surface area (Å²) in [7, 11) is 2.12. The molecule has 2 aromatic heterocycles. The van der Waals surface area contributed by atoms with Crippen molar-refractivity contribution in [3.05, 3.63) is 84.3 Å². The molecule has 6 rings (SSSR count). The molecule has 0 saturated carbocycles. The summed E-state index contributed by atoms with van der Waals surface area (Å²) in [5.74, 6) is 1.31. The number of aromatic amines is 1. The minimum absolute atomic E-state index is 0.340. The van der Waals surface area contributed by atoms with Crippen molar-refractivity contribution in [1.82, 2.24) is 25.1 Å². The molecule has 42 heavy (non-hydrogen) atoms. The maximum absolute atomic E-state index is 13.3. The lowest BCUT2D eigenvalue weighted by Gasteiger charge is -2.35. The molecule has 2 aromatic carbocycles. The van der Waals surface area contributed by atoms with Gasteiger partial charge in [0.25, 0.3) is 0 Å². The molecule has 0 radical (unpaired) electrons. The molecule has 1 saturated heterocycles. The molecular formula is C31H31F3N8. The molecule has 0 atom stereocenters. The van der Waals surface area contributed by atoms with E-state index >= 15 is 0 Å². The molecule has 0 aliphatic carbocycles. The average molecular weight is 573 g/mol. The maximum Gasteiger partial charge on any atom is 0.416 e. The number of allylic oxidation sites excluding steroid dienone is 3. The Hall–Kier alpha value is -4.51. The number of nitrogens with one attached hydrogen (secondary N) is 2. The lowest BCUT2D eigenvalue weighted by Crippen LogP contribution is -2.44. The smallest absolute Gasteiger partial charge is 0.367 e. The second-order valence-corrected chi connectivity index (χ2v) is 10.5. The number of hydrogen-bond acceptors (Lipinski definition) is 7. The number of aliphatic imine (C=N–C) groups is 1. The van der Waals surface area contributed by atoms with Gasteiger partial charge in [0, 0.05) is 56.1 Å². The third-order valence-corrected chi connectivity index (χ3v) is 7.51. The van der Waals surface area contributed by atoms with Crippen LogP contribution < -0.4 is 10.2 Å². The van der Waals surface area contributed by atoms with Gasteiger partial charge < -0.3 is 20.1 Å². The molecule has 2 N–H and O–H groups in total.